The minimum atomic E-state index is -0.303. The van der Waals surface area contributed by atoms with Crippen LogP contribution in [0.1, 0.15) is 16.2 Å². The van der Waals surface area contributed by atoms with E-state index in [1.54, 1.807) is 72.8 Å². The van der Waals surface area contributed by atoms with E-state index in [9.17, 15) is 9.59 Å². The number of hydrogen-bond acceptors (Lipinski definition) is 10. The topological polar surface area (TPSA) is 129 Å². The molecule has 0 aliphatic carbocycles. The number of amides is 2. The zero-order valence-electron chi connectivity index (χ0n) is 20.3. The summed E-state index contributed by atoms with van der Waals surface area (Å²) < 4.78 is 17.9. The number of anilines is 1. The number of nitrogens with zero attached hydrogens (tertiary/aromatic N) is 4. The fraction of sp³-hybridized carbons (Fsp3) is 0.208. The summed E-state index contributed by atoms with van der Waals surface area (Å²) in [5.41, 5.74) is 1.04. The van der Waals surface area contributed by atoms with Gasteiger partial charge in [0.05, 0.1) is 39.3 Å². The average Bonchev–Trinajstić information content (AvgIpc) is 3.59. The lowest BCUT2D eigenvalue weighted by molar-refractivity contribution is -0.113. The van der Waals surface area contributed by atoms with E-state index in [1.165, 1.54) is 30.2 Å². The second-order valence-corrected chi connectivity index (χ2v) is 9.20. The smallest absolute Gasteiger partial charge is 0.251 e. The molecular weight excluding hydrogens is 516 g/mol. The molecule has 11 nitrogen and oxygen atoms in total. The summed E-state index contributed by atoms with van der Waals surface area (Å²) in [6.45, 7) is 0.0648. The van der Waals surface area contributed by atoms with Gasteiger partial charge >= 0.3 is 0 Å². The molecule has 4 aromatic rings. The van der Waals surface area contributed by atoms with Crippen LogP contribution < -0.4 is 24.8 Å². The van der Waals surface area contributed by atoms with Crippen LogP contribution >= 0.6 is 23.1 Å². The summed E-state index contributed by atoms with van der Waals surface area (Å²) in [7, 11) is 4.65. The normalized spacial score (nSPS) is 10.6. The maximum absolute atomic E-state index is 12.8. The van der Waals surface area contributed by atoms with E-state index in [4.69, 9.17) is 14.2 Å². The standard InChI is InChI=1S/C24H24N6O5S2/c1-33-16-6-4-5-15(11-16)22(32)26-13-20-28-29-24(37-14-21(31)27-23-25-9-10-36-23)30(20)18-12-17(34-2)7-8-19(18)35-3/h4-12H,13-14H2,1-3H3,(H,26,32)(H,25,27,31). The number of rotatable bonds is 11. The van der Waals surface area contributed by atoms with E-state index in [2.05, 4.69) is 25.8 Å². The van der Waals surface area contributed by atoms with Gasteiger partial charge in [0.25, 0.3) is 5.91 Å². The van der Waals surface area contributed by atoms with Crippen molar-refractivity contribution in [3.8, 4) is 22.9 Å². The lowest BCUT2D eigenvalue weighted by Crippen LogP contribution is -2.24. The quantitative estimate of drug-likeness (QED) is 0.275. The predicted octanol–water partition coefficient (Wildman–Crippen LogP) is 3.41. The number of hydrogen-bond donors (Lipinski definition) is 2. The van der Waals surface area contributed by atoms with E-state index < -0.39 is 0 Å². The Balaban J connectivity index is 1.60. The Labute approximate surface area is 221 Å². The number of nitrogens with one attached hydrogen (secondary N) is 2. The van der Waals surface area contributed by atoms with Gasteiger partial charge in [0.2, 0.25) is 5.91 Å². The summed E-state index contributed by atoms with van der Waals surface area (Å²) in [6, 6.07) is 12.1. The summed E-state index contributed by atoms with van der Waals surface area (Å²) in [6.07, 6.45) is 1.62. The zero-order valence-corrected chi connectivity index (χ0v) is 21.9. The first-order chi connectivity index (χ1) is 18.0. The van der Waals surface area contributed by atoms with Crippen molar-refractivity contribution in [2.75, 3.05) is 32.4 Å². The van der Waals surface area contributed by atoms with Gasteiger partial charge < -0.3 is 24.8 Å². The fourth-order valence-corrected chi connectivity index (χ4v) is 4.63. The molecular formula is C24H24N6O5S2. The van der Waals surface area contributed by atoms with Crippen LogP contribution in [0.25, 0.3) is 5.69 Å². The van der Waals surface area contributed by atoms with Crippen molar-refractivity contribution in [3.05, 3.63) is 65.4 Å². The lowest BCUT2D eigenvalue weighted by atomic mass is 10.2. The number of methoxy groups -OCH3 is 3. The maximum Gasteiger partial charge on any atom is 0.251 e. The molecule has 0 saturated carbocycles. The Morgan fingerprint density at radius 1 is 1.03 bits per heavy atom. The molecule has 0 aliphatic heterocycles. The van der Waals surface area contributed by atoms with E-state index in [0.29, 0.717) is 44.6 Å². The molecule has 2 aromatic heterocycles. The minimum Gasteiger partial charge on any atom is -0.497 e. The van der Waals surface area contributed by atoms with Crippen LogP contribution in [0.4, 0.5) is 5.13 Å². The van der Waals surface area contributed by atoms with Crippen LogP contribution in [0.15, 0.2) is 59.2 Å². The molecule has 192 valence electrons. The van der Waals surface area contributed by atoms with Crippen molar-refractivity contribution in [2.24, 2.45) is 0 Å². The molecule has 37 heavy (non-hydrogen) atoms. The number of thioether (sulfide) groups is 1. The number of ether oxygens (including phenoxy) is 3. The van der Waals surface area contributed by atoms with Gasteiger partial charge in [0.15, 0.2) is 16.1 Å². The van der Waals surface area contributed by atoms with Crippen molar-refractivity contribution in [1.29, 1.82) is 0 Å². The summed E-state index contributed by atoms with van der Waals surface area (Å²) in [5.74, 6) is 1.67. The Morgan fingerprint density at radius 2 is 1.84 bits per heavy atom. The molecule has 0 fully saturated rings. The van der Waals surface area contributed by atoms with E-state index >= 15 is 0 Å². The summed E-state index contributed by atoms with van der Waals surface area (Å²) in [5, 5.41) is 16.9. The molecule has 2 aromatic carbocycles. The molecule has 0 aliphatic rings. The van der Waals surface area contributed by atoms with Gasteiger partial charge in [-0.15, -0.1) is 21.5 Å². The van der Waals surface area contributed by atoms with Gasteiger partial charge in [-0.1, -0.05) is 17.8 Å². The Morgan fingerprint density at radius 3 is 2.57 bits per heavy atom. The second-order valence-electron chi connectivity index (χ2n) is 7.36. The third-order valence-corrected chi connectivity index (χ3v) is 6.69. The largest absolute Gasteiger partial charge is 0.497 e. The van der Waals surface area contributed by atoms with Crippen molar-refractivity contribution >= 4 is 40.0 Å². The summed E-state index contributed by atoms with van der Waals surface area (Å²) >= 11 is 2.52. The number of benzene rings is 2. The van der Waals surface area contributed by atoms with Crippen molar-refractivity contribution < 1.29 is 23.8 Å². The highest BCUT2D eigenvalue weighted by molar-refractivity contribution is 7.99. The first kappa shape index (κ1) is 26.0. The van der Waals surface area contributed by atoms with Gasteiger partial charge in [0.1, 0.15) is 17.2 Å². The third-order valence-electron chi connectivity index (χ3n) is 5.08. The lowest BCUT2D eigenvalue weighted by Gasteiger charge is -2.15. The van der Waals surface area contributed by atoms with Crippen LogP contribution in [0, 0.1) is 0 Å². The molecule has 0 spiro atoms. The minimum absolute atomic E-state index is 0.0648. The van der Waals surface area contributed by atoms with Crippen LogP contribution in [0.2, 0.25) is 0 Å². The Kier molecular flexibility index (Phi) is 8.59. The zero-order chi connectivity index (χ0) is 26.2. The van der Waals surface area contributed by atoms with Crippen LogP contribution in [0.5, 0.6) is 17.2 Å². The number of carbonyl (C=O) groups is 2. The molecule has 0 saturated heterocycles. The highest BCUT2D eigenvalue weighted by atomic mass is 32.2. The first-order valence-corrected chi connectivity index (χ1v) is 12.8. The third kappa shape index (κ3) is 6.37. The molecule has 0 atom stereocenters. The monoisotopic (exact) mass is 540 g/mol. The molecule has 13 heteroatoms. The van der Waals surface area contributed by atoms with Gasteiger partial charge in [-0.05, 0) is 30.3 Å². The Bertz CT molecular complexity index is 1380. The average molecular weight is 541 g/mol. The molecule has 2 heterocycles. The van der Waals surface area contributed by atoms with Gasteiger partial charge in [-0.3, -0.25) is 14.2 Å². The fourth-order valence-electron chi connectivity index (χ4n) is 3.32. The Hall–Kier alpha value is -4.10. The predicted molar refractivity (Wildman–Crippen MR) is 140 cm³/mol. The highest BCUT2D eigenvalue weighted by Crippen LogP contribution is 2.32. The van der Waals surface area contributed by atoms with Gasteiger partial charge in [0, 0.05) is 23.2 Å². The number of aromatic nitrogens is 4. The van der Waals surface area contributed by atoms with Gasteiger partial charge in [-0.25, -0.2) is 4.98 Å². The molecule has 0 unspecified atom stereocenters. The molecule has 4 rings (SSSR count). The molecule has 0 radical (unpaired) electrons. The van der Waals surface area contributed by atoms with E-state index in [1.807, 2.05) is 0 Å². The van der Waals surface area contributed by atoms with Crippen molar-refractivity contribution in [2.45, 2.75) is 11.7 Å². The molecule has 2 N–H and O–H groups in total. The van der Waals surface area contributed by atoms with Crippen molar-refractivity contribution in [3.63, 3.8) is 0 Å². The van der Waals surface area contributed by atoms with Crippen LogP contribution in [-0.2, 0) is 11.3 Å². The second kappa shape index (κ2) is 12.2. The van der Waals surface area contributed by atoms with Crippen LogP contribution in [-0.4, -0.2) is 58.6 Å². The van der Waals surface area contributed by atoms with E-state index in [-0.39, 0.29) is 24.1 Å². The van der Waals surface area contributed by atoms with E-state index in [0.717, 1.165) is 0 Å². The number of carbonyl (C=O) groups excluding carboxylic acids is 2. The number of thiazole rings is 1. The SMILES string of the molecule is COc1cccc(C(=O)NCc2nnc(SCC(=O)Nc3nccs3)n2-c2cc(OC)ccc2OC)c1. The maximum atomic E-state index is 12.8. The van der Waals surface area contributed by atoms with Gasteiger partial charge in [-0.2, -0.15) is 0 Å². The first-order valence-electron chi connectivity index (χ1n) is 10.9. The van der Waals surface area contributed by atoms with Crippen molar-refractivity contribution in [1.82, 2.24) is 25.1 Å². The molecule has 0 bridgehead atoms. The van der Waals surface area contributed by atoms with Crippen LogP contribution in [0.3, 0.4) is 0 Å². The summed E-state index contributed by atoms with van der Waals surface area (Å²) in [4.78, 5) is 29.3. The highest BCUT2D eigenvalue weighted by Gasteiger charge is 2.20. The molecule has 2 amide bonds.